The summed E-state index contributed by atoms with van der Waals surface area (Å²) in [4.78, 5) is 7.89. The van der Waals surface area contributed by atoms with Crippen molar-refractivity contribution in [2.75, 3.05) is 0 Å². The van der Waals surface area contributed by atoms with Crippen LogP contribution in [0.2, 0.25) is 0 Å². The summed E-state index contributed by atoms with van der Waals surface area (Å²) in [5.74, 6) is -2.14. The third-order valence-electron chi connectivity index (χ3n) is 7.19. The summed E-state index contributed by atoms with van der Waals surface area (Å²) in [6.45, 7) is 1.95. The number of phenolic OH excluding ortho intramolecular Hbond substituents is 1. The molecule has 0 bridgehead atoms. The maximum absolute atomic E-state index is 13.2. The van der Waals surface area contributed by atoms with Crippen molar-refractivity contribution in [1.82, 2.24) is 9.97 Å². The molecule has 2 heterocycles. The van der Waals surface area contributed by atoms with Crippen molar-refractivity contribution < 1.29 is 42.8 Å². The smallest absolute Gasteiger partial charge is 0.161 e. The van der Waals surface area contributed by atoms with Crippen LogP contribution in [0.5, 0.6) is 5.75 Å². The van der Waals surface area contributed by atoms with E-state index in [0.717, 1.165) is 35.1 Å². The summed E-state index contributed by atoms with van der Waals surface area (Å²) in [6, 6.07) is 46.0. The van der Waals surface area contributed by atoms with Gasteiger partial charge < -0.3 is 15.1 Å². The van der Waals surface area contributed by atoms with E-state index in [9.17, 15) is 22.7 Å². The summed E-state index contributed by atoms with van der Waals surface area (Å²) in [5, 5.41) is 14.1. The predicted molar refractivity (Wildman–Crippen MR) is 190 cm³/mol. The number of aromatic nitrogens is 2. The molecule has 9 heteroatoms. The molecule has 3 nitrogen and oxygen atoms in total. The van der Waals surface area contributed by atoms with Gasteiger partial charge in [0.1, 0.15) is 23.8 Å². The van der Waals surface area contributed by atoms with Gasteiger partial charge in [0, 0.05) is 55.8 Å². The van der Waals surface area contributed by atoms with E-state index in [1.165, 1.54) is 10.6 Å². The van der Waals surface area contributed by atoms with Gasteiger partial charge in [-0.3, -0.25) is 17.6 Å². The molecule has 0 spiro atoms. The molecule has 1 radical (unpaired) electrons. The molecule has 0 aliphatic heterocycles. The van der Waals surface area contributed by atoms with Crippen molar-refractivity contribution in [2.24, 2.45) is 0 Å². The molecule has 2 aromatic heterocycles. The van der Waals surface area contributed by atoms with Gasteiger partial charge in [0.25, 0.3) is 0 Å². The molecule has 7 rings (SSSR count). The number of hydrogen-bond acceptors (Lipinski definition) is 3. The van der Waals surface area contributed by atoms with Gasteiger partial charge in [0.2, 0.25) is 0 Å². The summed E-state index contributed by atoms with van der Waals surface area (Å²) in [5.41, 5.74) is 2.20. The third-order valence-corrected chi connectivity index (χ3v) is 9.95. The Bertz CT molecular complexity index is 1970. The van der Waals surface area contributed by atoms with E-state index >= 15 is 0 Å². The predicted octanol–water partition coefficient (Wildman–Crippen LogP) is 8.84. The molecule has 0 atom stereocenters. The number of benzene rings is 5. The Labute approximate surface area is 303 Å². The fourth-order valence-corrected chi connectivity index (χ4v) is 7.56. The van der Waals surface area contributed by atoms with Crippen LogP contribution in [0.4, 0.5) is 17.6 Å². The van der Waals surface area contributed by atoms with Gasteiger partial charge >= 0.3 is 0 Å². The normalized spacial score (nSPS) is 10.2. The maximum atomic E-state index is 13.2. The number of para-hydroxylation sites is 1. The number of aromatic hydroxyl groups is 1. The van der Waals surface area contributed by atoms with Crippen LogP contribution < -0.4 is 15.9 Å². The summed E-state index contributed by atoms with van der Waals surface area (Å²) in [6.07, 6.45) is 3.10. The molecule has 50 heavy (non-hydrogen) atoms. The minimum atomic E-state index is -1.18. The summed E-state index contributed by atoms with van der Waals surface area (Å²) in [7, 11) is -1.18. The first-order chi connectivity index (χ1) is 23.8. The molecule has 0 fully saturated rings. The SMILES string of the molecule is Cc1cccc([PH+](c2ccccc2)c2ccccc2)c1O.Fc1c[c-]c(-c2ccccn2)c(F)c1.Fc1c[c-]c(-c2ccccn2)c(F)c1.[Ir]. The minimum absolute atomic E-state index is 0. The van der Waals surface area contributed by atoms with Crippen molar-refractivity contribution >= 4 is 23.8 Å². The van der Waals surface area contributed by atoms with E-state index in [-0.39, 0.29) is 31.2 Å². The molecule has 0 aliphatic rings. The number of aryl methyl sites for hydroxylation is 1. The first-order valence-corrected chi connectivity index (χ1v) is 16.6. The molecular weight excluding hydrogens is 836 g/mol. The second-order valence-corrected chi connectivity index (χ2v) is 13.0. The third kappa shape index (κ3) is 10.0. The molecule has 0 unspecified atom stereocenters. The second kappa shape index (κ2) is 18.7. The fraction of sp³-hybridized carbons (Fsp3) is 0.0244. The Balaban J connectivity index is 0.000000172. The van der Waals surface area contributed by atoms with Crippen LogP contribution >= 0.6 is 7.92 Å². The Morgan fingerprint density at radius 2 is 1.00 bits per heavy atom. The molecule has 0 amide bonds. The van der Waals surface area contributed by atoms with Gasteiger partial charge in [-0.25, -0.2) is 0 Å². The van der Waals surface area contributed by atoms with Gasteiger partial charge in [-0.15, -0.1) is 24.3 Å². The first kappa shape index (κ1) is 37.8. The number of hydrogen-bond donors (Lipinski definition) is 1. The quantitative estimate of drug-likeness (QED) is 0.107. The van der Waals surface area contributed by atoms with Crippen LogP contribution in [0.1, 0.15) is 5.56 Å². The molecular formula is C41H30F4IrN2OP-. The Morgan fingerprint density at radius 1 is 0.560 bits per heavy atom. The van der Waals surface area contributed by atoms with E-state index in [0.29, 0.717) is 17.1 Å². The first-order valence-electron chi connectivity index (χ1n) is 15.1. The average Bonchev–Trinajstić information content (AvgIpc) is 3.12. The molecule has 7 aromatic rings. The van der Waals surface area contributed by atoms with Crippen LogP contribution in [-0.4, -0.2) is 15.1 Å². The van der Waals surface area contributed by atoms with Crippen LogP contribution in [0.15, 0.2) is 152 Å². The van der Waals surface area contributed by atoms with Crippen molar-refractivity contribution in [3.63, 3.8) is 0 Å². The van der Waals surface area contributed by atoms with Crippen molar-refractivity contribution in [2.45, 2.75) is 6.92 Å². The van der Waals surface area contributed by atoms with Gasteiger partial charge in [-0.1, -0.05) is 96.1 Å². The van der Waals surface area contributed by atoms with Gasteiger partial charge in [0.15, 0.2) is 5.75 Å². The van der Waals surface area contributed by atoms with Gasteiger partial charge in [-0.2, -0.15) is 0 Å². The van der Waals surface area contributed by atoms with Crippen LogP contribution in [-0.2, 0) is 20.1 Å². The zero-order valence-electron chi connectivity index (χ0n) is 26.6. The zero-order chi connectivity index (χ0) is 34.6. The monoisotopic (exact) mass is 866 g/mol. The Kier molecular flexibility index (Phi) is 14.1. The molecule has 0 saturated heterocycles. The Morgan fingerprint density at radius 3 is 1.40 bits per heavy atom. The largest absolute Gasteiger partial charge is 0.504 e. The van der Waals surface area contributed by atoms with Gasteiger partial charge in [-0.05, 0) is 66.3 Å². The van der Waals surface area contributed by atoms with E-state index in [2.05, 4.69) is 76.7 Å². The maximum Gasteiger partial charge on any atom is 0.161 e. The van der Waals surface area contributed by atoms with E-state index in [4.69, 9.17) is 0 Å². The van der Waals surface area contributed by atoms with Crippen molar-refractivity contribution in [3.8, 4) is 28.3 Å². The van der Waals surface area contributed by atoms with E-state index in [1.54, 1.807) is 48.8 Å². The number of halogens is 4. The Hall–Kier alpha value is -5.00. The number of phenols is 1. The van der Waals surface area contributed by atoms with Crippen LogP contribution in [0.3, 0.4) is 0 Å². The van der Waals surface area contributed by atoms with Crippen molar-refractivity contribution in [1.29, 1.82) is 0 Å². The second-order valence-electron chi connectivity index (χ2n) is 10.6. The standard InChI is InChI=1S/C19H17OP.2C11H6F2N.Ir/c1-15-9-8-14-18(19(15)20)21(16-10-4-2-5-11-16)17-12-6-3-7-13-17;2*12-8-4-5-9(10(13)7-8)11-3-1-2-6-14-11;/h2-14,20H,1H3;2*1-4,6-7H;/q;2*-1;/p+1. The van der Waals surface area contributed by atoms with Gasteiger partial charge in [0.05, 0.1) is 0 Å². The molecule has 0 saturated carbocycles. The number of nitrogens with zero attached hydrogens (tertiary/aromatic N) is 2. The zero-order valence-corrected chi connectivity index (χ0v) is 30.0. The molecule has 1 N–H and O–H groups in total. The molecule has 253 valence electrons. The topological polar surface area (TPSA) is 46.0 Å². The minimum Gasteiger partial charge on any atom is -0.504 e. The average molecular weight is 866 g/mol. The number of pyridine rings is 2. The van der Waals surface area contributed by atoms with Crippen LogP contribution in [0.25, 0.3) is 22.5 Å². The van der Waals surface area contributed by atoms with E-state index < -0.39 is 31.2 Å². The van der Waals surface area contributed by atoms with Crippen LogP contribution in [0, 0.1) is 42.3 Å². The summed E-state index contributed by atoms with van der Waals surface area (Å²) < 4.78 is 51.6. The number of rotatable bonds is 5. The fourth-order valence-electron chi connectivity index (χ4n) is 4.85. The van der Waals surface area contributed by atoms with Crippen molar-refractivity contribution in [3.05, 3.63) is 193 Å². The summed E-state index contributed by atoms with van der Waals surface area (Å²) >= 11 is 0. The molecule has 5 aromatic carbocycles. The van der Waals surface area contributed by atoms with E-state index in [1.807, 2.05) is 31.2 Å². The molecule has 0 aliphatic carbocycles.